The summed E-state index contributed by atoms with van der Waals surface area (Å²) in [4.78, 5) is 0. The third kappa shape index (κ3) is 18.8. The zero-order valence-electron chi connectivity index (χ0n) is 39.4. The Balaban J connectivity index is 0.000000144. The van der Waals surface area contributed by atoms with Crippen LogP contribution >= 0.6 is 0 Å². The van der Waals surface area contributed by atoms with Gasteiger partial charge < -0.3 is 26.6 Å². The zero-order valence-corrected chi connectivity index (χ0v) is 39.4. The number of halogens is 1. The molecule has 0 saturated carbocycles. The van der Waals surface area contributed by atoms with Gasteiger partial charge in [0.2, 0.25) is 0 Å². The van der Waals surface area contributed by atoms with Gasteiger partial charge in [0.25, 0.3) is 0 Å². The standard InChI is InChI=1S/C13H10N2.2C13H13N.C12H10FN.C12H11N/c14-10-11-6-4-5-9-13(11)15-12-7-2-1-3-8-12;1-11-6-5-9-13(10-11)14-12-7-3-2-4-8-12;1-11-7-9-13(10-8-11)14-12-5-3-2-4-6-12;13-10-5-4-8-12(9-10)14-11-6-2-1-3-7-11;1-3-7-11(8-4-1)13-12-9-5-2-6-10-12/h1-9,15H;2*2-10,14H,1H3;1-9,14H;1-10,13H. The van der Waals surface area contributed by atoms with Gasteiger partial charge in [0.05, 0.1) is 11.3 Å². The second-order valence-corrected chi connectivity index (χ2v) is 15.7. The maximum absolute atomic E-state index is 12.8. The van der Waals surface area contributed by atoms with E-state index < -0.39 is 0 Å². The number of aryl methyl sites for hydroxylation is 2. The second kappa shape index (κ2) is 28.6. The fourth-order valence-corrected chi connectivity index (χ4v) is 6.57. The molecule has 10 aromatic carbocycles. The van der Waals surface area contributed by atoms with Gasteiger partial charge in [0.1, 0.15) is 11.9 Å². The number of rotatable bonds is 10. The van der Waals surface area contributed by atoms with Crippen LogP contribution in [0.3, 0.4) is 0 Å². The summed E-state index contributed by atoms with van der Waals surface area (Å²) >= 11 is 0. The number of hydrogen-bond donors (Lipinski definition) is 5. The summed E-state index contributed by atoms with van der Waals surface area (Å²) < 4.78 is 12.8. The van der Waals surface area contributed by atoms with Gasteiger partial charge in [-0.2, -0.15) is 5.26 Å². The molecule has 70 heavy (non-hydrogen) atoms. The number of hydrogen-bond acceptors (Lipinski definition) is 6. The number of para-hydroxylation sites is 7. The van der Waals surface area contributed by atoms with Crippen LogP contribution in [0, 0.1) is 31.0 Å². The predicted molar refractivity (Wildman–Crippen MR) is 295 cm³/mol. The van der Waals surface area contributed by atoms with E-state index in [1.54, 1.807) is 12.1 Å². The zero-order chi connectivity index (χ0) is 48.9. The summed E-state index contributed by atoms with van der Waals surface area (Å²) in [5.74, 6) is -0.231. The van der Waals surface area contributed by atoms with E-state index in [4.69, 9.17) is 5.26 Å². The monoisotopic (exact) mass is 916 g/mol. The molecule has 0 fully saturated rings. The average Bonchev–Trinajstić information content (AvgIpc) is 3.40. The predicted octanol–water partition coefficient (Wildman–Crippen LogP) is 17.8. The van der Waals surface area contributed by atoms with Crippen LogP contribution in [0.2, 0.25) is 0 Å². The van der Waals surface area contributed by atoms with E-state index in [0.717, 1.165) is 56.9 Å². The highest BCUT2D eigenvalue weighted by Crippen LogP contribution is 2.21. The molecule has 0 amide bonds. The van der Waals surface area contributed by atoms with Crippen LogP contribution in [-0.4, -0.2) is 0 Å². The van der Waals surface area contributed by atoms with Gasteiger partial charge in [-0.3, -0.25) is 0 Å². The number of nitriles is 1. The van der Waals surface area contributed by atoms with Crippen LogP contribution in [0.4, 0.5) is 61.3 Å². The molecule has 5 N–H and O–H groups in total. The topological polar surface area (TPSA) is 83.9 Å². The summed E-state index contributed by atoms with van der Waals surface area (Å²) in [7, 11) is 0. The van der Waals surface area contributed by atoms with Gasteiger partial charge in [0, 0.05) is 51.2 Å². The Morgan fingerprint density at radius 1 is 0.286 bits per heavy atom. The van der Waals surface area contributed by atoms with Crippen molar-refractivity contribution in [2.45, 2.75) is 13.8 Å². The Bertz CT molecular complexity index is 2900. The van der Waals surface area contributed by atoms with Gasteiger partial charge in [-0.1, -0.05) is 157 Å². The van der Waals surface area contributed by atoms with Crippen LogP contribution < -0.4 is 26.6 Å². The largest absolute Gasteiger partial charge is 0.356 e. The van der Waals surface area contributed by atoms with E-state index in [0.29, 0.717) is 5.56 Å². The summed E-state index contributed by atoms with van der Waals surface area (Å²) in [5, 5.41) is 25.2. The molecule has 0 saturated heterocycles. The molecule has 0 heterocycles. The molecular weight excluding hydrogens is 860 g/mol. The van der Waals surface area contributed by atoms with Crippen molar-refractivity contribution >= 4 is 56.9 Å². The fraction of sp³-hybridized carbons (Fsp3) is 0.0317. The molecule has 346 valence electrons. The molecule has 6 nitrogen and oxygen atoms in total. The van der Waals surface area contributed by atoms with Gasteiger partial charge in [0.15, 0.2) is 0 Å². The third-order valence-corrected chi connectivity index (χ3v) is 10.0. The van der Waals surface area contributed by atoms with Crippen molar-refractivity contribution in [2.24, 2.45) is 0 Å². The maximum atomic E-state index is 12.8. The number of anilines is 10. The van der Waals surface area contributed by atoms with Gasteiger partial charge in [-0.05, 0) is 147 Å². The minimum atomic E-state index is -0.231. The lowest BCUT2D eigenvalue weighted by atomic mass is 10.2. The van der Waals surface area contributed by atoms with Crippen molar-refractivity contribution in [3.8, 4) is 6.07 Å². The summed E-state index contributed by atoms with van der Waals surface area (Å²) in [6.45, 7) is 4.18. The second-order valence-electron chi connectivity index (χ2n) is 15.7. The van der Waals surface area contributed by atoms with Gasteiger partial charge in [-0.15, -0.1) is 0 Å². The fourth-order valence-electron chi connectivity index (χ4n) is 6.57. The van der Waals surface area contributed by atoms with E-state index in [1.807, 2.05) is 182 Å². The summed E-state index contributed by atoms with van der Waals surface area (Å²) in [6, 6.07) is 92.9. The molecule has 0 aromatic heterocycles. The summed E-state index contributed by atoms with van der Waals surface area (Å²) in [6.07, 6.45) is 0. The molecule has 7 heteroatoms. The van der Waals surface area contributed by atoms with Gasteiger partial charge >= 0.3 is 0 Å². The minimum Gasteiger partial charge on any atom is -0.356 e. The highest BCUT2D eigenvalue weighted by Gasteiger charge is 2.00. The van der Waals surface area contributed by atoms with E-state index >= 15 is 0 Å². The van der Waals surface area contributed by atoms with Crippen LogP contribution in [-0.2, 0) is 0 Å². The van der Waals surface area contributed by atoms with E-state index in [1.165, 1.54) is 23.3 Å². The van der Waals surface area contributed by atoms with Crippen molar-refractivity contribution < 1.29 is 4.39 Å². The Hall–Kier alpha value is -9.38. The molecule has 0 aliphatic carbocycles. The van der Waals surface area contributed by atoms with E-state index in [2.05, 4.69) is 119 Å². The molecule has 0 spiro atoms. The highest BCUT2D eigenvalue weighted by atomic mass is 19.1. The number of benzene rings is 10. The molecule has 0 bridgehead atoms. The lowest BCUT2D eigenvalue weighted by Gasteiger charge is -2.07. The first-order valence-electron chi connectivity index (χ1n) is 22.9. The van der Waals surface area contributed by atoms with Crippen molar-refractivity contribution in [3.63, 3.8) is 0 Å². The Kier molecular flexibility index (Phi) is 20.5. The van der Waals surface area contributed by atoms with Gasteiger partial charge in [-0.25, -0.2) is 4.39 Å². The lowest BCUT2D eigenvalue weighted by Crippen LogP contribution is -1.92. The summed E-state index contributed by atoms with van der Waals surface area (Å²) in [5.41, 5.74) is 13.5. The molecule has 10 aromatic rings. The van der Waals surface area contributed by atoms with E-state index in [9.17, 15) is 4.39 Å². The van der Waals surface area contributed by atoms with Crippen molar-refractivity contribution in [3.05, 3.63) is 302 Å². The quantitative estimate of drug-likeness (QED) is 0.0940. The van der Waals surface area contributed by atoms with Crippen LogP contribution in [0.1, 0.15) is 16.7 Å². The van der Waals surface area contributed by atoms with E-state index in [-0.39, 0.29) is 5.82 Å². The van der Waals surface area contributed by atoms with Crippen molar-refractivity contribution in [2.75, 3.05) is 26.6 Å². The first-order valence-corrected chi connectivity index (χ1v) is 22.9. The Morgan fingerprint density at radius 2 is 0.600 bits per heavy atom. The molecule has 0 atom stereocenters. The number of nitrogens with one attached hydrogen (secondary N) is 5. The van der Waals surface area contributed by atoms with Crippen LogP contribution in [0.15, 0.2) is 279 Å². The molecule has 10 rings (SSSR count). The first kappa shape index (κ1) is 50.0. The maximum Gasteiger partial charge on any atom is 0.125 e. The smallest absolute Gasteiger partial charge is 0.125 e. The molecule has 0 aliphatic heterocycles. The third-order valence-electron chi connectivity index (χ3n) is 10.0. The first-order chi connectivity index (χ1) is 34.4. The Labute approximate surface area is 412 Å². The normalized spacial score (nSPS) is 9.63. The SMILES string of the molecule is Cc1ccc(Nc2ccccc2)cc1.Cc1cccc(Nc2ccccc2)c1.Fc1cccc(Nc2ccccc2)c1.N#Cc1ccccc1Nc1ccccc1.c1ccc(Nc2ccccc2)cc1. The minimum absolute atomic E-state index is 0.231. The molecule has 0 aliphatic rings. The van der Waals surface area contributed by atoms with Crippen molar-refractivity contribution in [1.29, 1.82) is 5.26 Å². The average molecular weight is 917 g/mol. The molecule has 0 radical (unpaired) electrons. The number of nitrogens with zero attached hydrogens (tertiary/aromatic N) is 1. The molecular formula is C63H57FN6. The van der Waals surface area contributed by atoms with Crippen molar-refractivity contribution in [1.82, 2.24) is 0 Å². The highest BCUT2D eigenvalue weighted by molar-refractivity contribution is 5.66. The Morgan fingerprint density at radius 3 is 0.986 bits per heavy atom. The van der Waals surface area contributed by atoms with Crippen LogP contribution in [0.25, 0.3) is 0 Å². The lowest BCUT2D eigenvalue weighted by molar-refractivity contribution is 0.628. The van der Waals surface area contributed by atoms with Crippen LogP contribution in [0.5, 0.6) is 0 Å². The molecule has 0 unspecified atom stereocenters.